The van der Waals surface area contributed by atoms with Crippen molar-refractivity contribution < 1.29 is 0 Å². The zero-order chi connectivity index (χ0) is 13.3. The average Bonchev–Trinajstić information content (AvgIpc) is 2.87. The molecule has 0 aliphatic heterocycles. The van der Waals surface area contributed by atoms with Crippen LogP contribution in [-0.4, -0.2) is 26.0 Å². The molecule has 2 aromatic rings. The molecule has 0 aromatic carbocycles. The lowest BCUT2D eigenvalue weighted by molar-refractivity contribution is 0.584. The van der Waals surface area contributed by atoms with Crippen LogP contribution in [0.15, 0.2) is 4.47 Å². The summed E-state index contributed by atoms with van der Waals surface area (Å²) in [5.74, 6) is 0. The van der Waals surface area contributed by atoms with Gasteiger partial charge in [-0.15, -0.1) is 10.2 Å². The predicted molar refractivity (Wildman–Crippen MR) is 76.2 cm³/mol. The summed E-state index contributed by atoms with van der Waals surface area (Å²) in [4.78, 5) is 0. The molecule has 0 radical (unpaired) electrons. The zero-order valence-corrected chi connectivity index (χ0v) is 13.3. The van der Waals surface area contributed by atoms with Crippen molar-refractivity contribution in [3.63, 3.8) is 0 Å². The highest BCUT2D eigenvalue weighted by Crippen LogP contribution is 2.24. The third kappa shape index (κ3) is 2.78. The third-order valence-electron chi connectivity index (χ3n) is 2.50. The Labute approximate surface area is 119 Å². The maximum Gasteiger partial charge on any atom is 0.233 e. The molecule has 0 aliphatic carbocycles. The van der Waals surface area contributed by atoms with Crippen LogP contribution in [0.2, 0.25) is 0 Å². The summed E-state index contributed by atoms with van der Waals surface area (Å²) < 4.78 is 2.86. The van der Waals surface area contributed by atoms with E-state index in [1.54, 1.807) is 11.3 Å². The second-order valence-electron chi connectivity index (χ2n) is 4.41. The van der Waals surface area contributed by atoms with E-state index in [4.69, 9.17) is 0 Å². The van der Waals surface area contributed by atoms with Crippen LogP contribution in [0.5, 0.6) is 0 Å². The van der Waals surface area contributed by atoms with Crippen LogP contribution in [0.25, 0.3) is 5.13 Å². The van der Waals surface area contributed by atoms with E-state index >= 15 is 0 Å². The molecule has 2 rings (SSSR count). The smallest absolute Gasteiger partial charge is 0.233 e. The van der Waals surface area contributed by atoms with Gasteiger partial charge in [0.05, 0.1) is 15.9 Å². The third-order valence-corrected chi connectivity index (χ3v) is 4.55. The molecule has 18 heavy (non-hydrogen) atoms. The topological polar surface area (TPSA) is 55.6 Å². The van der Waals surface area contributed by atoms with E-state index in [2.05, 4.69) is 50.4 Å². The normalized spacial score (nSPS) is 11.4. The Hall–Kier alpha value is -0.790. The molecule has 0 aliphatic rings. The number of aryl methyl sites for hydroxylation is 1. The van der Waals surface area contributed by atoms with Crippen molar-refractivity contribution in [3.05, 3.63) is 20.9 Å². The van der Waals surface area contributed by atoms with Gasteiger partial charge < -0.3 is 5.32 Å². The van der Waals surface area contributed by atoms with Crippen LogP contribution in [-0.2, 0) is 6.54 Å². The van der Waals surface area contributed by atoms with Gasteiger partial charge in [-0.3, -0.25) is 0 Å². The predicted octanol–water partition coefficient (Wildman–Crippen LogP) is 2.60. The van der Waals surface area contributed by atoms with Gasteiger partial charge in [0.2, 0.25) is 5.13 Å². The number of halogens is 1. The standard InChI is InChI=1S/C11H16BrN5S/c1-6(2)13-5-9-14-15-11(18-9)17-8(4)10(12)7(3)16-17/h6,13H,5H2,1-4H3. The Kier molecular flexibility index (Phi) is 4.14. The first-order valence-corrected chi connectivity index (χ1v) is 7.38. The first-order chi connectivity index (χ1) is 8.49. The van der Waals surface area contributed by atoms with E-state index in [9.17, 15) is 0 Å². The van der Waals surface area contributed by atoms with E-state index < -0.39 is 0 Å². The van der Waals surface area contributed by atoms with Crippen LogP contribution in [0, 0.1) is 13.8 Å². The summed E-state index contributed by atoms with van der Waals surface area (Å²) >= 11 is 5.07. The minimum Gasteiger partial charge on any atom is -0.308 e. The van der Waals surface area contributed by atoms with Crippen LogP contribution in [0.3, 0.4) is 0 Å². The second kappa shape index (κ2) is 5.46. The van der Waals surface area contributed by atoms with Crippen molar-refractivity contribution in [2.75, 3.05) is 0 Å². The number of aromatic nitrogens is 4. The molecule has 0 bridgehead atoms. The van der Waals surface area contributed by atoms with Crippen molar-refractivity contribution >= 4 is 27.3 Å². The van der Waals surface area contributed by atoms with E-state index in [0.717, 1.165) is 32.5 Å². The van der Waals surface area contributed by atoms with Crippen LogP contribution in [0.4, 0.5) is 0 Å². The highest BCUT2D eigenvalue weighted by atomic mass is 79.9. The maximum atomic E-state index is 4.45. The van der Waals surface area contributed by atoms with Crippen molar-refractivity contribution in [3.8, 4) is 5.13 Å². The van der Waals surface area contributed by atoms with E-state index in [-0.39, 0.29) is 0 Å². The van der Waals surface area contributed by atoms with Gasteiger partial charge in [-0.1, -0.05) is 25.2 Å². The summed E-state index contributed by atoms with van der Waals surface area (Å²) in [7, 11) is 0. The fraction of sp³-hybridized carbons (Fsp3) is 0.545. The summed E-state index contributed by atoms with van der Waals surface area (Å²) in [6.07, 6.45) is 0. The molecule has 0 saturated heterocycles. The highest BCUT2D eigenvalue weighted by molar-refractivity contribution is 9.10. The lowest BCUT2D eigenvalue weighted by Gasteiger charge is -2.03. The number of hydrogen-bond acceptors (Lipinski definition) is 5. The van der Waals surface area contributed by atoms with Crippen molar-refractivity contribution in [2.45, 2.75) is 40.3 Å². The van der Waals surface area contributed by atoms with Crippen molar-refractivity contribution in [2.24, 2.45) is 0 Å². The average molecular weight is 330 g/mol. The van der Waals surface area contributed by atoms with Crippen molar-refractivity contribution in [1.82, 2.24) is 25.3 Å². The number of rotatable bonds is 4. The molecular formula is C11H16BrN5S. The van der Waals surface area contributed by atoms with Gasteiger partial charge in [-0.05, 0) is 29.8 Å². The Morgan fingerprint density at radius 3 is 2.61 bits per heavy atom. The van der Waals surface area contributed by atoms with E-state index in [0.29, 0.717) is 6.04 Å². The largest absolute Gasteiger partial charge is 0.308 e. The first kappa shape index (κ1) is 13.6. The molecule has 0 atom stereocenters. The van der Waals surface area contributed by atoms with Crippen LogP contribution < -0.4 is 5.32 Å². The molecular weight excluding hydrogens is 314 g/mol. The summed E-state index contributed by atoms with van der Waals surface area (Å²) in [5, 5.41) is 17.9. The Bertz CT molecular complexity index is 546. The summed E-state index contributed by atoms with van der Waals surface area (Å²) in [5.41, 5.74) is 2.01. The number of hydrogen-bond donors (Lipinski definition) is 1. The lowest BCUT2D eigenvalue weighted by Crippen LogP contribution is -2.21. The second-order valence-corrected chi connectivity index (χ2v) is 6.24. The number of nitrogens with zero attached hydrogens (tertiary/aromatic N) is 4. The minimum absolute atomic E-state index is 0.445. The molecule has 1 N–H and O–H groups in total. The van der Waals surface area contributed by atoms with Gasteiger partial charge in [0.1, 0.15) is 5.01 Å². The molecule has 98 valence electrons. The summed E-state index contributed by atoms with van der Waals surface area (Å²) in [6.45, 7) is 8.95. The van der Waals surface area contributed by atoms with E-state index in [1.165, 1.54) is 0 Å². The maximum absolute atomic E-state index is 4.45. The molecule has 2 heterocycles. The molecule has 0 fully saturated rings. The van der Waals surface area contributed by atoms with Crippen molar-refractivity contribution in [1.29, 1.82) is 0 Å². The minimum atomic E-state index is 0.445. The quantitative estimate of drug-likeness (QED) is 0.936. The van der Waals surface area contributed by atoms with Gasteiger partial charge in [-0.2, -0.15) is 5.10 Å². The van der Waals surface area contributed by atoms with Gasteiger partial charge >= 0.3 is 0 Å². The lowest BCUT2D eigenvalue weighted by atomic mass is 10.4. The van der Waals surface area contributed by atoms with Crippen LogP contribution >= 0.6 is 27.3 Å². The molecule has 5 nitrogen and oxygen atoms in total. The highest BCUT2D eigenvalue weighted by Gasteiger charge is 2.14. The molecule has 7 heteroatoms. The Morgan fingerprint density at radius 2 is 2.06 bits per heavy atom. The molecule has 2 aromatic heterocycles. The van der Waals surface area contributed by atoms with Crippen LogP contribution in [0.1, 0.15) is 30.2 Å². The first-order valence-electron chi connectivity index (χ1n) is 5.77. The molecule has 0 spiro atoms. The molecule has 0 unspecified atom stereocenters. The van der Waals surface area contributed by atoms with Gasteiger partial charge in [0.15, 0.2) is 0 Å². The Morgan fingerprint density at radius 1 is 1.33 bits per heavy atom. The van der Waals surface area contributed by atoms with Gasteiger partial charge in [0, 0.05) is 12.6 Å². The fourth-order valence-corrected chi connectivity index (χ4v) is 2.54. The zero-order valence-electron chi connectivity index (χ0n) is 10.9. The molecule has 0 amide bonds. The number of nitrogens with one attached hydrogen (secondary N) is 1. The van der Waals surface area contributed by atoms with Gasteiger partial charge in [0.25, 0.3) is 0 Å². The SMILES string of the molecule is Cc1nn(-c2nnc(CNC(C)C)s2)c(C)c1Br. The molecule has 0 saturated carbocycles. The fourth-order valence-electron chi connectivity index (χ4n) is 1.50. The summed E-state index contributed by atoms with van der Waals surface area (Å²) in [6, 6.07) is 0.445. The van der Waals surface area contributed by atoms with E-state index in [1.807, 2.05) is 18.5 Å². The van der Waals surface area contributed by atoms with Gasteiger partial charge in [-0.25, -0.2) is 4.68 Å². The monoisotopic (exact) mass is 329 g/mol. The Balaban J connectivity index is 2.21.